The number of nitrogens with zero attached hydrogens (tertiary/aromatic N) is 2. The molecule has 6 nitrogen and oxygen atoms in total. The molecule has 8 heteroatoms. The SMILES string of the molecule is CC(C)(C)c1ccc(S(=O)(=O)Nc2ccc(Cl)c3c2CN(Cc2cccc(C#N)c2)C3=O)cc1. The second kappa shape index (κ2) is 8.79. The number of amides is 1. The number of anilines is 1. The molecule has 0 saturated heterocycles. The molecule has 1 N–H and O–H groups in total. The van der Waals surface area contributed by atoms with Gasteiger partial charge in [0.05, 0.1) is 32.8 Å². The van der Waals surface area contributed by atoms with Gasteiger partial charge >= 0.3 is 0 Å². The Morgan fingerprint density at radius 3 is 2.44 bits per heavy atom. The summed E-state index contributed by atoms with van der Waals surface area (Å²) in [4.78, 5) is 14.8. The van der Waals surface area contributed by atoms with E-state index in [-0.39, 0.29) is 34.3 Å². The first-order valence-corrected chi connectivity index (χ1v) is 12.6. The molecule has 0 bridgehead atoms. The Morgan fingerprint density at radius 1 is 1.09 bits per heavy atom. The van der Waals surface area contributed by atoms with Gasteiger partial charge in [-0.1, -0.05) is 56.6 Å². The van der Waals surface area contributed by atoms with E-state index in [4.69, 9.17) is 16.9 Å². The second-order valence-corrected chi connectivity index (χ2v) is 11.4. The number of rotatable bonds is 5. The van der Waals surface area contributed by atoms with Crippen LogP contribution in [0.5, 0.6) is 0 Å². The summed E-state index contributed by atoms with van der Waals surface area (Å²) in [5, 5.41) is 9.40. The lowest BCUT2D eigenvalue weighted by molar-refractivity contribution is 0.0767. The summed E-state index contributed by atoms with van der Waals surface area (Å²) in [6, 6.07) is 19.0. The van der Waals surface area contributed by atoms with Gasteiger partial charge < -0.3 is 4.90 Å². The first kappa shape index (κ1) is 23.8. The molecule has 0 spiro atoms. The molecule has 3 aromatic rings. The molecule has 1 aliphatic rings. The van der Waals surface area contributed by atoms with Crippen LogP contribution in [0.4, 0.5) is 5.69 Å². The van der Waals surface area contributed by atoms with Gasteiger partial charge in [0.25, 0.3) is 15.9 Å². The fourth-order valence-corrected chi connectivity index (χ4v) is 5.31. The number of hydrogen-bond donors (Lipinski definition) is 1. The summed E-state index contributed by atoms with van der Waals surface area (Å²) in [6.45, 7) is 6.66. The molecule has 1 amide bonds. The molecule has 4 rings (SSSR count). The summed E-state index contributed by atoms with van der Waals surface area (Å²) < 4.78 is 28.8. The average molecular weight is 494 g/mol. The Kier molecular flexibility index (Phi) is 6.15. The van der Waals surface area contributed by atoms with E-state index >= 15 is 0 Å². The standard InChI is InChI=1S/C26H24ClN3O3S/c1-26(2,3)19-7-9-20(10-8-19)34(32,33)29-23-12-11-22(27)24-21(23)16-30(25(24)31)15-18-6-4-5-17(13-18)14-28/h4-13,29H,15-16H2,1-3H3. The second-order valence-electron chi connectivity index (χ2n) is 9.30. The maximum atomic E-state index is 13.1. The highest BCUT2D eigenvalue weighted by Crippen LogP contribution is 2.36. The van der Waals surface area contributed by atoms with Gasteiger partial charge in [-0.25, -0.2) is 8.42 Å². The highest BCUT2D eigenvalue weighted by molar-refractivity contribution is 7.92. The minimum absolute atomic E-state index is 0.0939. The minimum atomic E-state index is -3.87. The van der Waals surface area contributed by atoms with Crippen molar-refractivity contribution in [3.05, 3.63) is 93.5 Å². The van der Waals surface area contributed by atoms with E-state index in [0.29, 0.717) is 22.4 Å². The van der Waals surface area contributed by atoms with Gasteiger partial charge in [-0.2, -0.15) is 5.26 Å². The molecule has 0 aliphatic carbocycles. The van der Waals surface area contributed by atoms with Crippen LogP contribution in [-0.4, -0.2) is 19.2 Å². The Bertz CT molecular complexity index is 1420. The molecular formula is C26H24ClN3O3S. The number of halogens is 1. The number of fused-ring (bicyclic) bond motifs is 1. The van der Waals surface area contributed by atoms with Crippen molar-refractivity contribution in [1.82, 2.24) is 4.90 Å². The number of sulfonamides is 1. The Morgan fingerprint density at radius 2 is 1.79 bits per heavy atom. The summed E-state index contributed by atoms with van der Waals surface area (Å²) in [7, 11) is -3.87. The van der Waals surface area contributed by atoms with Gasteiger partial charge in [0.1, 0.15) is 0 Å². The molecule has 3 aromatic carbocycles. The van der Waals surface area contributed by atoms with Gasteiger partial charge in [0, 0.05) is 18.7 Å². The first-order valence-electron chi connectivity index (χ1n) is 10.7. The van der Waals surface area contributed by atoms with Crippen molar-refractivity contribution in [2.24, 2.45) is 0 Å². The number of hydrogen-bond acceptors (Lipinski definition) is 4. The van der Waals surface area contributed by atoms with E-state index in [2.05, 4.69) is 31.6 Å². The normalized spacial score (nSPS) is 13.5. The molecule has 1 heterocycles. The molecule has 1 aliphatic heterocycles. The molecule has 0 aromatic heterocycles. The zero-order valence-electron chi connectivity index (χ0n) is 19.1. The molecule has 34 heavy (non-hydrogen) atoms. The van der Waals surface area contributed by atoms with Crippen LogP contribution < -0.4 is 4.72 Å². The van der Waals surface area contributed by atoms with E-state index in [1.807, 2.05) is 18.2 Å². The van der Waals surface area contributed by atoms with Crippen LogP contribution in [0.2, 0.25) is 5.02 Å². The van der Waals surface area contributed by atoms with Crippen LogP contribution in [0.25, 0.3) is 0 Å². The van der Waals surface area contributed by atoms with Crippen molar-refractivity contribution in [2.45, 2.75) is 44.2 Å². The highest BCUT2D eigenvalue weighted by Gasteiger charge is 2.33. The van der Waals surface area contributed by atoms with Crippen LogP contribution in [-0.2, 0) is 28.5 Å². The number of carbonyl (C=O) groups is 1. The zero-order valence-corrected chi connectivity index (χ0v) is 20.7. The third-order valence-corrected chi connectivity index (χ3v) is 7.51. The lowest BCUT2D eigenvalue weighted by atomic mass is 9.87. The van der Waals surface area contributed by atoms with E-state index < -0.39 is 10.0 Å². The number of nitrogens with one attached hydrogen (secondary N) is 1. The third kappa shape index (κ3) is 4.65. The first-order chi connectivity index (χ1) is 16.0. The molecule has 0 unspecified atom stereocenters. The molecular weight excluding hydrogens is 470 g/mol. The lowest BCUT2D eigenvalue weighted by Crippen LogP contribution is -2.23. The van der Waals surface area contributed by atoms with Crippen molar-refractivity contribution in [1.29, 1.82) is 5.26 Å². The minimum Gasteiger partial charge on any atom is -0.330 e. The molecule has 0 atom stereocenters. The summed E-state index contributed by atoms with van der Waals surface area (Å²) in [5.41, 5.74) is 3.39. The Balaban J connectivity index is 1.62. The van der Waals surface area contributed by atoms with Gasteiger partial charge in [-0.15, -0.1) is 0 Å². The van der Waals surface area contributed by atoms with E-state index in [9.17, 15) is 13.2 Å². The predicted octanol–water partition coefficient (Wildman–Crippen LogP) is 5.47. The van der Waals surface area contributed by atoms with Gasteiger partial charge in [-0.3, -0.25) is 9.52 Å². The number of nitriles is 1. The summed E-state index contributed by atoms with van der Waals surface area (Å²) in [5.74, 6) is -0.280. The van der Waals surface area contributed by atoms with Crippen molar-refractivity contribution >= 4 is 33.2 Å². The number of benzene rings is 3. The van der Waals surface area contributed by atoms with Crippen LogP contribution in [0.15, 0.2) is 65.6 Å². The number of carbonyl (C=O) groups excluding carboxylic acids is 1. The van der Waals surface area contributed by atoms with Crippen LogP contribution in [0.1, 0.15) is 53.4 Å². The quantitative estimate of drug-likeness (QED) is 0.510. The molecule has 174 valence electrons. The lowest BCUT2D eigenvalue weighted by Gasteiger charge is -2.19. The van der Waals surface area contributed by atoms with Crippen molar-refractivity contribution in [2.75, 3.05) is 4.72 Å². The van der Waals surface area contributed by atoms with E-state index in [1.54, 1.807) is 41.3 Å². The fourth-order valence-electron chi connectivity index (χ4n) is 3.96. The van der Waals surface area contributed by atoms with Gasteiger partial charge in [-0.05, 0) is 52.9 Å². The summed E-state index contributed by atoms with van der Waals surface area (Å²) in [6.07, 6.45) is 0. The highest BCUT2D eigenvalue weighted by atomic mass is 35.5. The van der Waals surface area contributed by atoms with Gasteiger partial charge in [0.15, 0.2) is 0 Å². The average Bonchev–Trinajstić information content (AvgIpc) is 3.12. The zero-order chi connectivity index (χ0) is 24.7. The molecule has 0 fully saturated rings. The fraction of sp³-hybridized carbons (Fsp3) is 0.231. The topological polar surface area (TPSA) is 90.3 Å². The predicted molar refractivity (Wildman–Crippen MR) is 132 cm³/mol. The smallest absolute Gasteiger partial charge is 0.261 e. The maximum absolute atomic E-state index is 13.1. The largest absolute Gasteiger partial charge is 0.330 e. The van der Waals surface area contributed by atoms with Crippen molar-refractivity contribution in [3.8, 4) is 6.07 Å². The van der Waals surface area contributed by atoms with E-state index in [1.165, 1.54) is 6.07 Å². The van der Waals surface area contributed by atoms with Crippen molar-refractivity contribution in [3.63, 3.8) is 0 Å². The van der Waals surface area contributed by atoms with Crippen LogP contribution in [0, 0.1) is 11.3 Å². The van der Waals surface area contributed by atoms with Crippen LogP contribution in [0.3, 0.4) is 0 Å². The monoisotopic (exact) mass is 493 g/mol. The summed E-state index contributed by atoms with van der Waals surface area (Å²) >= 11 is 6.33. The molecule has 0 saturated carbocycles. The Labute approximate surface area is 204 Å². The van der Waals surface area contributed by atoms with Crippen LogP contribution >= 0.6 is 11.6 Å². The maximum Gasteiger partial charge on any atom is 0.261 e. The Hall–Kier alpha value is -3.34. The third-order valence-electron chi connectivity index (χ3n) is 5.82. The van der Waals surface area contributed by atoms with E-state index in [0.717, 1.165) is 11.1 Å². The van der Waals surface area contributed by atoms with Crippen molar-refractivity contribution < 1.29 is 13.2 Å². The van der Waals surface area contributed by atoms with Gasteiger partial charge in [0.2, 0.25) is 0 Å². The molecule has 0 radical (unpaired) electrons.